The monoisotopic (exact) mass is 253 g/mol. The Morgan fingerprint density at radius 2 is 1.81 bits per heavy atom. The first-order valence-electron chi connectivity index (χ1n) is 4.05. The lowest BCUT2D eigenvalue weighted by atomic mass is 10.4. The van der Waals surface area contributed by atoms with Gasteiger partial charge in [-0.05, 0) is 6.92 Å². The molecule has 3 N–H and O–H groups in total. The summed E-state index contributed by atoms with van der Waals surface area (Å²) in [5, 5.41) is 1.28. The van der Waals surface area contributed by atoms with Crippen LogP contribution in [0.25, 0.3) is 0 Å². The normalized spacial score (nSPS) is 10.4. The van der Waals surface area contributed by atoms with Gasteiger partial charge >= 0.3 is 19.8 Å². The van der Waals surface area contributed by atoms with Gasteiger partial charge in [0.05, 0.1) is 0 Å². The molecule has 0 unspecified atom stereocenters. The molecule has 0 rings (SSSR count). The van der Waals surface area contributed by atoms with Crippen molar-refractivity contribution in [3.8, 4) is 0 Å². The Bertz CT molecular complexity index is 334. The van der Waals surface area contributed by atoms with Gasteiger partial charge in [0.25, 0.3) is 0 Å². The van der Waals surface area contributed by atoms with Gasteiger partial charge in [-0.15, -0.1) is 0 Å². The molecule has 92 valence electrons. The molecule has 0 aliphatic carbocycles. The Labute approximate surface area is 91.4 Å². The van der Waals surface area contributed by atoms with Crippen molar-refractivity contribution in [1.29, 1.82) is 0 Å². The van der Waals surface area contributed by atoms with Crippen molar-refractivity contribution >= 4 is 19.8 Å². The van der Waals surface area contributed by atoms with E-state index in [9.17, 15) is 14.2 Å². The van der Waals surface area contributed by atoms with E-state index >= 15 is 0 Å². The van der Waals surface area contributed by atoms with Crippen molar-refractivity contribution in [1.82, 2.24) is 5.09 Å². The van der Waals surface area contributed by atoms with Gasteiger partial charge in [0.1, 0.15) is 13.2 Å². The number of esters is 1. The first-order chi connectivity index (χ1) is 7.22. The van der Waals surface area contributed by atoms with Gasteiger partial charge in [-0.1, -0.05) is 6.58 Å². The van der Waals surface area contributed by atoms with Crippen LogP contribution in [0.15, 0.2) is 12.2 Å². The number of ether oxygens (including phenoxy) is 2. The maximum absolute atomic E-state index is 10.8. The summed E-state index contributed by atoms with van der Waals surface area (Å²) in [4.78, 5) is 38.1. The third kappa shape index (κ3) is 7.98. The van der Waals surface area contributed by atoms with Crippen LogP contribution in [0, 0.1) is 0 Å². The van der Waals surface area contributed by atoms with E-state index in [0.717, 1.165) is 0 Å². The van der Waals surface area contributed by atoms with E-state index in [2.05, 4.69) is 16.1 Å². The Kier molecular flexibility index (Phi) is 5.73. The van der Waals surface area contributed by atoms with E-state index in [4.69, 9.17) is 9.79 Å². The van der Waals surface area contributed by atoms with Crippen LogP contribution in [0.3, 0.4) is 0 Å². The molecule has 0 atom stereocenters. The third-order valence-corrected chi connectivity index (χ3v) is 1.61. The van der Waals surface area contributed by atoms with Crippen molar-refractivity contribution in [3.63, 3.8) is 0 Å². The highest BCUT2D eigenvalue weighted by atomic mass is 31.2. The van der Waals surface area contributed by atoms with Crippen LogP contribution in [0.5, 0.6) is 0 Å². The molecule has 0 aliphatic rings. The van der Waals surface area contributed by atoms with Crippen LogP contribution in [0.1, 0.15) is 6.92 Å². The molecule has 0 saturated heterocycles. The van der Waals surface area contributed by atoms with E-state index in [1.807, 2.05) is 0 Å². The number of hydrogen-bond donors (Lipinski definition) is 3. The minimum atomic E-state index is -4.65. The molecule has 0 aromatic heterocycles. The fraction of sp³-hybridized carbons (Fsp3) is 0.429. The summed E-state index contributed by atoms with van der Waals surface area (Å²) >= 11 is 0. The van der Waals surface area contributed by atoms with Gasteiger partial charge in [0.2, 0.25) is 0 Å². The number of carbonyl (C=O) groups excluding carboxylic acids is 2. The summed E-state index contributed by atoms with van der Waals surface area (Å²) < 4.78 is 19.1. The molecule has 0 aliphatic heterocycles. The summed E-state index contributed by atoms with van der Waals surface area (Å²) in [6, 6.07) is 0. The van der Waals surface area contributed by atoms with Crippen LogP contribution in [0.2, 0.25) is 0 Å². The summed E-state index contributed by atoms with van der Waals surface area (Å²) in [6.45, 7) is 4.23. The Balaban J connectivity index is 3.68. The van der Waals surface area contributed by atoms with Crippen molar-refractivity contribution in [2.24, 2.45) is 0 Å². The Morgan fingerprint density at radius 1 is 1.31 bits per heavy atom. The van der Waals surface area contributed by atoms with Crippen LogP contribution < -0.4 is 5.09 Å². The first-order valence-corrected chi connectivity index (χ1v) is 5.67. The van der Waals surface area contributed by atoms with Gasteiger partial charge in [0, 0.05) is 5.57 Å². The maximum Gasteiger partial charge on any atom is 0.432 e. The molecule has 8 nitrogen and oxygen atoms in total. The van der Waals surface area contributed by atoms with Gasteiger partial charge in [-0.2, -0.15) is 0 Å². The zero-order chi connectivity index (χ0) is 12.8. The van der Waals surface area contributed by atoms with Crippen LogP contribution >= 0.6 is 7.75 Å². The van der Waals surface area contributed by atoms with E-state index in [0.29, 0.717) is 0 Å². The van der Waals surface area contributed by atoms with Gasteiger partial charge in [-0.3, -0.25) is 0 Å². The predicted molar refractivity (Wildman–Crippen MR) is 52.3 cm³/mol. The molecule has 9 heteroatoms. The molecule has 16 heavy (non-hydrogen) atoms. The average molecular weight is 253 g/mol. The highest BCUT2D eigenvalue weighted by molar-refractivity contribution is 7.50. The second kappa shape index (κ2) is 6.26. The molecule has 0 fully saturated rings. The SMILES string of the molecule is C=C(C)C(=O)OCCOC(=O)NP(=O)(O)O. The highest BCUT2D eigenvalue weighted by Crippen LogP contribution is 2.27. The summed E-state index contributed by atoms with van der Waals surface area (Å²) in [7, 11) is -4.65. The lowest BCUT2D eigenvalue weighted by Gasteiger charge is -2.08. The van der Waals surface area contributed by atoms with Gasteiger partial charge in [-0.25, -0.2) is 19.2 Å². The van der Waals surface area contributed by atoms with Gasteiger partial charge < -0.3 is 19.3 Å². The average Bonchev–Trinajstić information content (AvgIpc) is 2.08. The third-order valence-electron chi connectivity index (χ3n) is 1.14. The highest BCUT2D eigenvalue weighted by Gasteiger charge is 2.17. The van der Waals surface area contributed by atoms with Crippen LogP contribution in [-0.4, -0.2) is 35.1 Å². The van der Waals surface area contributed by atoms with E-state index in [-0.39, 0.29) is 18.8 Å². The van der Waals surface area contributed by atoms with Crippen molar-refractivity contribution < 1.29 is 33.4 Å². The Morgan fingerprint density at radius 3 is 2.25 bits per heavy atom. The first kappa shape index (κ1) is 14.6. The fourth-order valence-electron chi connectivity index (χ4n) is 0.543. The molecule has 0 spiro atoms. The zero-order valence-electron chi connectivity index (χ0n) is 8.50. The maximum atomic E-state index is 10.8. The smallest absolute Gasteiger partial charge is 0.432 e. The lowest BCUT2D eigenvalue weighted by Crippen LogP contribution is -2.23. The van der Waals surface area contributed by atoms with E-state index < -0.39 is 19.8 Å². The van der Waals surface area contributed by atoms with Crippen LogP contribution in [-0.2, 0) is 18.8 Å². The molecule has 0 saturated carbocycles. The Hall–Kier alpha value is -1.37. The lowest BCUT2D eigenvalue weighted by molar-refractivity contribution is -0.139. The standard InChI is InChI=1S/C7H12NO7P/c1-5(2)6(9)14-3-4-15-7(10)8-16(11,12)13/h1,3-4H2,2H3,(H3,8,10,11,12,13). The summed E-state index contributed by atoms with van der Waals surface area (Å²) in [5.74, 6) is -0.640. The quantitative estimate of drug-likeness (QED) is 0.271. The molecule has 0 heterocycles. The van der Waals surface area contributed by atoms with Crippen molar-refractivity contribution in [2.45, 2.75) is 6.92 Å². The summed E-state index contributed by atoms with van der Waals surface area (Å²) in [6.07, 6.45) is -1.29. The predicted octanol–water partition coefficient (Wildman–Crippen LogP) is -0.0754. The second-order valence-electron chi connectivity index (χ2n) is 2.71. The fourth-order valence-corrected chi connectivity index (χ4v) is 0.846. The molecule has 0 aromatic carbocycles. The number of carbonyl (C=O) groups is 2. The van der Waals surface area contributed by atoms with Gasteiger partial charge in [0.15, 0.2) is 0 Å². The molecule has 0 aromatic rings. The molecule has 0 bridgehead atoms. The molecule has 1 amide bonds. The number of rotatable bonds is 5. The minimum absolute atomic E-state index is 0.194. The van der Waals surface area contributed by atoms with Crippen LogP contribution in [0.4, 0.5) is 4.79 Å². The molecular formula is C7H12NO7P. The molecule has 0 radical (unpaired) electrons. The number of hydrogen-bond acceptors (Lipinski definition) is 5. The topological polar surface area (TPSA) is 122 Å². The van der Waals surface area contributed by atoms with E-state index in [1.54, 1.807) is 0 Å². The van der Waals surface area contributed by atoms with E-state index in [1.165, 1.54) is 12.0 Å². The number of nitrogens with one attached hydrogen (secondary N) is 1. The van der Waals surface area contributed by atoms with Crippen molar-refractivity contribution in [3.05, 3.63) is 12.2 Å². The molecular weight excluding hydrogens is 241 g/mol. The summed E-state index contributed by atoms with van der Waals surface area (Å²) in [5.41, 5.74) is 0.194. The second-order valence-corrected chi connectivity index (χ2v) is 4.02. The zero-order valence-corrected chi connectivity index (χ0v) is 9.40. The van der Waals surface area contributed by atoms with Crippen molar-refractivity contribution in [2.75, 3.05) is 13.2 Å². The minimum Gasteiger partial charge on any atom is -0.459 e. The largest absolute Gasteiger partial charge is 0.459 e. The number of amides is 1.